The molecule has 2 amide bonds. The summed E-state index contributed by atoms with van der Waals surface area (Å²) in [7, 11) is 3.10. The number of nitrogens with zero attached hydrogens (tertiary/aromatic N) is 1. The van der Waals surface area contributed by atoms with Crippen LogP contribution in [0.15, 0.2) is 24.3 Å². The van der Waals surface area contributed by atoms with E-state index < -0.39 is 0 Å². The molecule has 0 saturated heterocycles. The number of nitrogens with one attached hydrogen (secondary N) is 2. The average Bonchev–Trinajstić information content (AvgIpc) is 2.83. The summed E-state index contributed by atoms with van der Waals surface area (Å²) in [6.07, 6.45) is 0. The number of rotatable bonds is 4. The smallest absolute Gasteiger partial charge is 0.324 e. The van der Waals surface area contributed by atoms with Crippen molar-refractivity contribution in [2.45, 2.75) is 6.92 Å². The average molecular weight is 293 g/mol. The van der Waals surface area contributed by atoms with Crippen LogP contribution in [0, 0.1) is 6.92 Å². The fourth-order valence-corrected chi connectivity index (χ4v) is 2.27. The molecule has 0 atom stereocenters. The number of carbonyl (C=O) groups is 1. The molecule has 0 radical (unpaired) electrons. The first kappa shape index (κ1) is 14.1. The molecule has 1 heterocycles. The van der Waals surface area contributed by atoms with Crippen LogP contribution < -0.4 is 20.1 Å². The Kier molecular flexibility index (Phi) is 4.41. The molecule has 2 N–H and O–H groups in total. The Balaban J connectivity index is 2.04. The van der Waals surface area contributed by atoms with Gasteiger partial charge in [-0.3, -0.25) is 5.32 Å². The van der Waals surface area contributed by atoms with E-state index in [4.69, 9.17) is 9.47 Å². The second kappa shape index (κ2) is 6.25. The minimum Gasteiger partial charge on any atom is -0.493 e. The third-order valence-electron chi connectivity index (χ3n) is 2.51. The first-order chi connectivity index (χ1) is 9.62. The number of aryl methyl sites for hydroxylation is 1. The molecular weight excluding hydrogens is 278 g/mol. The van der Waals surface area contributed by atoms with Crippen molar-refractivity contribution in [2.24, 2.45) is 0 Å². The zero-order valence-corrected chi connectivity index (χ0v) is 12.2. The summed E-state index contributed by atoms with van der Waals surface area (Å²) < 4.78 is 14.4. The van der Waals surface area contributed by atoms with Crippen molar-refractivity contribution in [3.63, 3.8) is 0 Å². The van der Waals surface area contributed by atoms with Crippen molar-refractivity contribution in [3.8, 4) is 11.5 Å². The Morgan fingerprint density at radius 3 is 2.50 bits per heavy atom. The Labute approximate surface area is 120 Å². The van der Waals surface area contributed by atoms with E-state index in [-0.39, 0.29) is 6.03 Å². The Morgan fingerprint density at radius 1 is 1.15 bits per heavy atom. The lowest BCUT2D eigenvalue weighted by molar-refractivity contribution is 0.262. The number of hydrogen-bond donors (Lipinski definition) is 2. The SMILES string of the molecule is COc1ccc(NC(=O)Nc2cc(C)ns2)cc1OC. The monoisotopic (exact) mass is 293 g/mol. The standard InChI is InChI=1S/C13H15N3O3S/c1-8-6-12(20-16-8)15-13(17)14-9-4-5-10(18-2)11(7-9)19-3/h4-7H,1-3H3,(H2,14,15,17). The van der Waals surface area contributed by atoms with E-state index in [9.17, 15) is 4.79 Å². The summed E-state index contributed by atoms with van der Waals surface area (Å²) in [4.78, 5) is 11.8. The molecule has 1 aromatic heterocycles. The van der Waals surface area contributed by atoms with Crippen molar-refractivity contribution < 1.29 is 14.3 Å². The predicted molar refractivity (Wildman–Crippen MR) is 79.0 cm³/mol. The quantitative estimate of drug-likeness (QED) is 0.908. The minimum absolute atomic E-state index is 0.333. The highest BCUT2D eigenvalue weighted by molar-refractivity contribution is 7.10. The second-order valence-corrected chi connectivity index (χ2v) is 4.79. The topological polar surface area (TPSA) is 72.5 Å². The number of urea groups is 1. The highest BCUT2D eigenvalue weighted by Gasteiger charge is 2.08. The molecule has 1 aromatic carbocycles. The highest BCUT2D eigenvalue weighted by Crippen LogP contribution is 2.29. The molecule has 106 valence electrons. The molecule has 0 aliphatic heterocycles. The molecule has 0 unspecified atom stereocenters. The molecule has 0 bridgehead atoms. The zero-order valence-electron chi connectivity index (χ0n) is 11.4. The van der Waals surface area contributed by atoms with E-state index >= 15 is 0 Å². The lowest BCUT2D eigenvalue weighted by Gasteiger charge is -2.10. The van der Waals surface area contributed by atoms with Crippen LogP contribution >= 0.6 is 11.5 Å². The number of aromatic nitrogens is 1. The maximum absolute atomic E-state index is 11.8. The number of amides is 2. The summed E-state index contributed by atoms with van der Waals surface area (Å²) in [6, 6.07) is 6.63. The maximum atomic E-state index is 11.8. The van der Waals surface area contributed by atoms with E-state index in [0.29, 0.717) is 22.2 Å². The van der Waals surface area contributed by atoms with E-state index in [2.05, 4.69) is 15.0 Å². The van der Waals surface area contributed by atoms with E-state index in [1.165, 1.54) is 11.5 Å². The van der Waals surface area contributed by atoms with Crippen LogP contribution in [0.4, 0.5) is 15.5 Å². The number of ether oxygens (including phenoxy) is 2. The van der Waals surface area contributed by atoms with E-state index in [1.54, 1.807) is 38.5 Å². The molecule has 2 aromatic rings. The summed E-state index contributed by atoms with van der Waals surface area (Å²) in [5.41, 5.74) is 1.48. The largest absolute Gasteiger partial charge is 0.493 e. The summed E-state index contributed by atoms with van der Waals surface area (Å²) in [5, 5.41) is 6.13. The lowest BCUT2D eigenvalue weighted by atomic mass is 10.3. The Morgan fingerprint density at radius 2 is 1.90 bits per heavy atom. The van der Waals surface area contributed by atoms with Crippen LogP contribution in [0.25, 0.3) is 0 Å². The fraction of sp³-hybridized carbons (Fsp3) is 0.231. The van der Waals surface area contributed by atoms with Gasteiger partial charge in [-0.1, -0.05) is 0 Å². The first-order valence-electron chi connectivity index (χ1n) is 5.85. The van der Waals surface area contributed by atoms with Gasteiger partial charge in [0.15, 0.2) is 11.5 Å². The van der Waals surface area contributed by atoms with Gasteiger partial charge in [-0.15, -0.1) is 0 Å². The van der Waals surface area contributed by atoms with Gasteiger partial charge in [0.2, 0.25) is 0 Å². The molecule has 0 aliphatic carbocycles. The maximum Gasteiger partial charge on any atom is 0.324 e. The number of anilines is 2. The van der Waals surface area contributed by atoms with Gasteiger partial charge >= 0.3 is 6.03 Å². The lowest BCUT2D eigenvalue weighted by Crippen LogP contribution is -2.18. The van der Waals surface area contributed by atoms with Crippen molar-refractivity contribution in [1.82, 2.24) is 4.37 Å². The van der Waals surface area contributed by atoms with Crippen molar-refractivity contribution >= 4 is 28.3 Å². The van der Waals surface area contributed by atoms with Crippen molar-refractivity contribution in [2.75, 3.05) is 24.9 Å². The number of methoxy groups -OCH3 is 2. The normalized spacial score (nSPS) is 9.95. The number of benzene rings is 1. The molecule has 7 heteroatoms. The third-order valence-corrected chi connectivity index (χ3v) is 3.30. The summed E-state index contributed by atoms with van der Waals surface area (Å²) in [5.74, 6) is 1.16. The molecule has 0 saturated carbocycles. The van der Waals surface area contributed by atoms with Gasteiger partial charge in [0, 0.05) is 11.8 Å². The van der Waals surface area contributed by atoms with E-state index in [1.807, 2.05) is 6.92 Å². The van der Waals surface area contributed by atoms with Crippen LogP contribution in [-0.2, 0) is 0 Å². The number of carbonyl (C=O) groups excluding carboxylic acids is 1. The van der Waals surface area contributed by atoms with Crippen LogP contribution in [0.1, 0.15) is 5.69 Å². The highest BCUT2D eigenvalue weighted by atomic mass is 32.1. The Hall–Kier alpha value is -2.28. The van der Waals surface area contributed by atoms with Gasteiger partial charge in [0.1, 0.15) is 5.00 Å². The number of hydrogen-bond acceptors (Lipinski definition) is 5. The fourth-order valence-electron chi connectivity index (χ4n) is 1.61. The second-order valence-electron chi connectivity index (χ2n) is 3.98. The predicted octanol–water partition coefficient (Wildman–Crippen LogP) is 3.11. The van der Waals surface area contributed by atoms with Crippen LogP contribution in [0.3, 0.4) is 0 Å². The molecule has 20 heavy (non-hydrogen) atoms. The zero-order chi connectivity index (χ0) is 14.5. The van der Waals surface area contributed by atoms with Crippen LogP contribution in [-0.4, -0.2) is 24.6 Å². The van der Waals surface area contributed by atoms with Gasteiger partial charge in [-0.05, 0) is 36.7 Å². The summed E-state index contributed by atoms with van der Waals surface area (Å²) >= 11 is 1.24. The Bertz CT molecular complexity index is 613. The van der Waals surface area contributed by atoms with Crippen molar-refractivity contribution in [1.29, 1.82) is 0 Å². The van der Waals surface area contributed by atoms with Gasteiger partial charge in [-0.25, -0.2) is 4.79 Å². The minimum atomic E-state index is -0.333. The molecule has 0 aliphatic rings. The van der Waals surface area contributed by atoms with Gasteiger partial charge < -0.3 is 14.8 Å². The molecule has 6 nitrogen and oxygen atoms in total. The van der Waals surface area contributed by atoms with Gasteiger partial charge in [0.25, 0.3) is 0 Å². The third kappa shape index (κ3) is 3.39. The summed E-state index contributed by atoms with van der Waals surface area (Å²) in [6.45, 7) is 1.87. The van der Waals surface area contributed by atoms with Crippen LogP contribution in [0.5, 0.6) is 11.5 Å². The van der Waals surface area contributed by atoms with Gasteiger partial charge in [0.05, 0.1) is 19.9 Å². The first-order valence-corrected chi connectivity index (χ1v) is 6.63. The molecule has 0 spiro atoms. The molecule has 0 fully saturated rings. The molecule has 2 rings (SSSR count). The van der Waals surface area contributed by atoms with Crippen LogP contribution in [0.2, 0.25) is 0 Å². The van der Waals surface area contributed by atoms with E-state index in [0.717, 1.165) is 5.69 Å². The molecular formula is C13H15N3O3S. The van der Waals surface area contributed by atoms with Crippen molar-refractivity contribution in [3.05, 3.63) is 30.0 Å². The van der Waals surface area contributed by atoms with Gasteiger partial charge in [-0.2, -0.15) is 4.37 Å².